The van der Waals surface area contributed by atoms with E-state index < -0.39 is 4.92 Å². The smallest absolute Gasteiger partial charge is 0.269 e. The van der Waals surface area contributed by atoms with Gasteiger partial charge in [0, 0.05) is 17.7 Å². The largest absolute Gasteiger partial charge is 0.508 e. The van der Waals surface area contributed by atoms with E-state index in [0.717, 1.165) is 10.3 Å². The molecule has 0 saturated heterocycles. The SMILES string of the molecule is Nc1nc2c(-c3ccc([N+](=O)[O-])cc3)cc(O)cc2s1. The number of nitrogens with zero attached hydrogens (tertiary/aromatic N) is 2. The molecule has 0 atom stereocenters. The minimum Gasteiger partial charge on any atom is -0.508 e. The molecule has 0 saturated carbocycles. The molecule has 2 aromatic carbocycles. The summed E-state index contributed by atoms with van der Waals surface area (Å²) in [5.41, 5.74) is 7.82. The molecule has 0 fully saturated rings. The van der Waals surface area contributed by atoms with Crippen LogP contribution in [0.4, 0.5) is 10.8 Å². The zero-order valence-corrected chi connectivity index (χ0v) is 10.9. The monoisotopic (exact) mass is 287 g/mol. The van der Waals surface area contributed by atoms with E-state index in [-0.39, 0.29) is 11.4 Å². The molecule has 0 aliphatic rings. The zero-order valence-electron chi connectivity index (χ0n) is 10.1. The predicted octanol–water partition coefficient (Wildman–Crippen LogP) is 3.16. The number of aromatic hydroxyl groups is 1. The lowest BCUT2D eigenvalue weighted by atomic mass is 10.0. The summed E-state index contributed by atoms with van der Waals surface area (Å²) in [6, 6.07) is 9.26. The van der Waals surface area contributed by atoms with E-state index in [9.17, 15) is 15.2 Å². The maximum Gasteiger partial charge on any atom is 0.269 e. The van der Waals surface area contributed by atoms with Crippen LogP contribution in [0.5, 0.6) is 5.75 Å². The lowest BCUT2D eigenvalue weighted by Crippen LogP contribution is -1.88. The second-order valence-corrected chi connectivity index (χ2v) is 5.26. The minimum absolute atomic E-state index is 0.0166. The summed E-state index contributed by atoms with van der Waals surface area (Å²) in [6.07, 6.45) is 0. The van der Waals surface area contributed by atoms with Crippen LogP contribution < -0.4 is 5.73 Å². The van der Waals surface area contributed by atoms with Crippen LogP contribution in [0.2, 0.25) is 0 Å². The van der Waals surface area contributed by atoms with Crippen molar-refractivity contribution in [2.75, 3.05) is 5.73 Å². The molecule has 20 heavy (non-hydrogen) atoms. The highest BCUT2D eigenvalue weighted by molar-refractivity contribution is 7.22. The summed E-state index contributed by atoms with van der Waals surface area (Å²) < 4.78 is 0.774. The molecule has 0 radical (unpaired) electrons. The molecule has 3 rings (SSSR count). The lowest BCUT2D eigenvalue weighted by molar-refractivity contribution is -0.384. The Morgan fingerprint density at radius 3 is 2.60 bits per heavy atom. The molecule has 0 aliphatic carbocycles. The first-order valence-corrected chi connectivity index (χ1v) is 6.50. The third-order valence-corrected chi connectivity index (χ3v) is 3.72. The van der Waals surface area contributed by atoms with Crippen molar-refractivity contribution in [3.8, 4) is 16.9 Å². The van der Waals surface area contributed by atoms with Crippen LogP contribution in [0, 0.1) is 10.1 Å². The van der Waals surface area contributed by atoms with Gasteiger partial charge in [-0.05, 0) is 29.8 Å². The molecular weight excluding hydrogens is 278 g/mol. The van der Waals surface area contributed by atoms with Crippen LogP contribution in [0.1, 0.15) is 0 Å². The Morgan fingerprint density at radius 1 is 1.25 bits per heavy atom. The first kappa shape index (κ1) is 12.4. The van der Waals surface area contributed by atoms with Gasteiger partial charge in [-0.2, -0.15) is 0 Å². The maximum atomic E-state index is 10.7. The van der Waals surface area contributed by atoms with Crippen molar-refractivity contribution >= 4 is 32.4 Å². The normalized spacial score (nSPS) is 10.8. The van der Waals surface area contributed by atoms with Gasteiger partial charge >= 0.3 is 0 Å². The predicted molar refractivity (Wildman–Crippen MR) is 77.8 cm³/mol. The van der Waals surface area contributed by atoms with Crippen LogP contribution in [0.15, 0.2) is 36.4 Å². The number of hydrogen-bond acceptors (Lipinski definition) is 6. The second-order valence-electron chi connectivity index (χ2n) is 4.20. The van der Waals surface area contributed by atoms with Crippen molar-refractivity contribution in [3.63, 3.8) is 0 Å². The number of rotatable bonds is 2. The van der Waals surface area contributed by atoms with Crippen LogP contribution in [0.3, 0.4) is 0 Å². The molecule has 0 aliphatic heterocycles. The van der Waals surface area contributed by atoms with Crippen molar-refractivity contribution in [1.82, 2.24) is 4.98 Å². The number of nitrogens with two attached hydrogens (primary N) is 1. The van der Waals surface area contributed by atoms with Crippen molar-refractivity contribution in [3.05, 3.63) is 46.5 Å². The van der Waals surface area contributed by atoms with Crippen LogP contribution in [0.25, 0.3) is 21.3 Å². The average Bonchev–Trinajstić information content (AvgIpc) is 2.78. The number of aromatic nitrogens is 1. The summed E-state index contributed by atoms with van der Waals surface area (Å²) in [5, 5.41) is 20.8. The number of nitrogen functional groups attached to an aromatic ring is 1. The van der Waals surface area contributed by atoms with E-state index in [2.05, 4.69) is 4.98 Å². The van der Waals surface area contributed by atoms with Gasteiger partial charge in [-0.1, -0.05) is 11.3 Å². The van der Waals surface area contributed by atoms with E-state index in [1.165, 1.54) is 23.5 Å². The Labute approximate surface area is 117 Å². The third kappa shape index (κ3) is 2.04. The number of phenols is 1. The standard InChI is InChI=1S/C13H9N3O3S/c14-13-15-12-10(5-9(17)6-11(12)20-13)7-1-3-8(4-2-7)16(18)19/h1-6,17H,(H2,14,15). The number of nitro benzene ring substituents is 1. The molecule has 3 aromatic rings. The van der Waals surface area contributed by atoms with Crippen LogP contribution in [-0.4, -0.2) is 15.0 Å². The molecule has 0 amide bonds. The molecule has 6 nitrogen and oxygen atoms in total. The quantitative estimate of drug-likeness (QED) is 0.556. The van der Waals surface area contributed by atoms with Crippen molar-refractivity contribution < 1.29 is 10.0 Å². The van der Waals surface area contributed by atoms with Gasteiger partial charge in [0.2, 0.25) is 0 Å². The third-order valence-electron chi connectivity index (χ3n) is 2.89. The molecule has 3 N–H and O–H groups in total. The molecule has 0 unspecified atom stereocenters. The molecule has 7 heteroatoms. The number of nitro groups is 1. The van der Waals surface area contributed by atoms with Gasteiger partial charge in [-0.15, -0.1) is 0 Å². The topological polar surface area (TPSA) is 102 Å². The summed E-state index contributed by atoms with van der Waals surface area (Å²) in [6.45, 7) is 0. The van der Waals surface area contributed by atoms with Gasteiger partial charge in [0.1, 0.15) is 5.75 Å². The Morgan fingerprint density at radius 2 is 1.95 bits per heavy atom. The highest BCUT2D eigenvalue weighted by atomic mass is 32.1. The maximum absolute atomic E-state index is 10.7. The number of fused-ring (bicyclic) bond motifs is 1. The zero-order chi connectivity index (χ0) is 14.3. The summed E-state index contributed by atoms with van der Waals surface area (Å²) in [4.78, 5) is 14.4. The number of non-ortho nitro benzene ring substituents is 1. The van der Waals surface area contributed by atoms with Crippen LogP contribution in [-0.2, 0) is 0 Å². The fourth-order valence-corrected chi connectivity index (χ4v) is 2.81. The first-order valence-electron chi connectivity index (χ1n) is 5.68. The highest BCUT2D eigenvalue weighted by Crippen LogP contribution is 2.36. The van der Waals surface area contributed by atoms with Gasteiger partial charge in [0.05, 0.1) is 15.1 Å². The summed E-state index contributed by atoms with van der Waals surface area (Å²) >= 11 is 1.28. The lowest BCUT2D eigenvalue weighted by Gasteiger charge is -2.03. The molecule has 0 bridgehead atoms. The summed E-state index contributed by atoms with van der Waals surface area (Å²) in [5.74, 6) is 0.106. The minimum atomic E-state index is -0.456. The molecule has 1 heterocycles. The molecule has 1 aromatic heterocycles. The van der Waals surface area contributed by atoms with Gasteiger partial charge in [-0.3, -0.25) is 10.1 Å². The Bertz CT molecular complexity index is 812. The Kier molecular flexibility index (Phi) is 2.76. The number of thiazole rings is 1. The number of phenolic OH excluding ortho intramolecular Hbond substituents is 1. The number of hydrogen-bond donors (Lipinski definition) is 2. The van der Waals surface area contributed by atoms with Crippen molar-refractivity contribution in [2.24, 2.45) is 0 Å². The van der Waals surface area contributed by atoms with E-state index in [4.69, 9.17) is 5.73 Å². The van der Waals surface area contributed by atoms with E-state index >= 15 is 0 Å². The number of anilines is 1. The van der Waals surface area contributed by atoms with Crippen molar-refractivity contribution in [2.45, 2.75) is 0 Å². The van der Waals surface area contributed by atoms with Gasteiger partial charge in [0.25, 0.3) is 5.69 Å². The molecular formula is C13H9N3O3S. The van der Waals surface area contributed by atoms with Gasteiger partial charge in [0.15, 0.2) is 5.13 Å². The Balaban J connectivity index is 2.20. The van der Waals surface area contributed by atoms with E-state index in [1.807, 2.05) is 0 Å². The summed E-state index contributed by atoms with van der Waals surface area (Å²) in [7, 11) is 0. The first-order chi connectivity index (χ1) is 9.54. The second kappa shape index (κ2) is 4.46. The fraction of sp³-hybridized carbons (Fsp3) is 0. The highest BCUT2D eigenvalue weighted by Gasteiger charge is 2.12. The van der Waals surface area contributed by atoms with E-state index in [0.29, 0.717) is 16.2 Å². The average molecular weight is 287 g/mol. The van der Waals surface area contributed by atoms with Crippen molar-refractivity contribution in [1.29, 1.82) is 0 Å². The Hall–Kier alpha value is -2.67. The van der Waals surface area contributed by atoms with Crippen LogP contribution >= 0.6 is 11.3 Å². The molecule has 100 valence electrons. The van der Waals surface area contributed by atoms with Gasteiger partial charge < -0.3 is 10.8 Å². The van der Waals surface area contributed by atoms with Gasteiger partial charge in [-0.25, -0.2) is 4.98 Å². The fourth-order valence-electron chi connectivity index (χ4n) is 2.01. The number of benzene rings is 2. The van der Waals surface area contributed by atoms with E-state index in [1.54, 1.807) is 24.3 Å². The molecule has 0 spiro atoms.